The van der Waals surface area contributed by atoms with Crippen LogP contribution in [-0.4, -0.2) is 68.3 Å². The zero-order chi connectivity index (χ0) is 22.4. The van der Waals surface area contributed by atoms with E-state index in [0.29, 0.717) is 25.5 Å². The highest BCUT2D eigenvalue weighted by molar-refractivity contribution is 6.20. The predicted octanol–water partition coefficient (Wildman–Crippen LogP) is 3.10. The molecule has 33 heavy (non-hydrogen) atoms. The number of nitrogens with zero attached hydrogens (tertiary/aromatic N) is 1. The average molecular weight is 448 g/mol. The molecule has 0 amide bonds. The van der Waals surface area contributed by atoms with Gasteiger partial charge in [-0.3, -0.25) is 9.69 Å². The summed E-state index contributed by atoms with van der Waals surface area (Å²) in [6, 6.07) is 11.7. The van der Waals surface area contributed by atoms with Gasteiger partial charge in [0.1, 0.15) is 12.4 Å². The first-order valence-electron chi connectivity index (χ1n) is 11.8. The molecule has 6 rings (SSSR count). The number of H-pyrrole nitrogens is 1. The lowest BCUT2D eigenvalue weighted by molar-refractivity contribution is 0.0322. The summed E-state index contributed by atoms with van der Waals surface area (Å²) in [6.45, 7) is 6.25. The highest BCUT2D eigenvalue weighted by Gasteiger charge is 2.47. The quantitative estimate of drug-likeness (QED) is 0.598. The molecule has 3 aromatic rings. The number of nitrogens with one attached hydrogen (secondary N) is 1. The first-order chi connectivity index (χ1) is 16.2. The molecular weight excluding hydrogens is 418 g/mol. The van der Waals surface area contributed by atoms with E-state index in [4.69, 9.17) is 19.9 Å². The van der Waals surface area contributed by atoms with Crippen LogP contribution in [0.1, 0.15) is 40.0 Å². The summed E-state index contributed by atoms with van der Waals surface area (Å²) in [6.07, 6.45) is 1.64. The molecule has 0 bridgehead atoms. The molecule has 7 nitrogen and oxygen atoms in total. The van der Waals surface area contributed by atoms with E-state index in [1.54, 1.807) is 0 Å². The number of benzene rings is 2. The standard InChI is InChI=1S/C26H29N3O4/c27-17-1-3-20-22(15-17)28-25-23(20)24(30)19-4-2-18(33-14-9-29-7-12-32-13-8-29)16-21(19)26(25)5-10-31-11-6-26/h1-4,15-16,28H,5-14,27H2. The Labute approximate surface area is 192 Å². The van der Waals surface area contributed by atoms with Gasteiger partial charge in [0.25, 0.3) is 0 Å². The first-order valence-corrected chi connectivity index (χ1v) is 11.8. The summed E-state index contributed by atoms with van der Waals surface area (Å²) >= 11 is 0. The molecule has 2 aromatic carbocycles. The molecule has 1 aromatic heterocycles. The molecule has 172 valence electrons. The van der Waals surface area contributed by atoms with Gasteiger partial charge in [-0.15, -0.1) is 0 Å². The molecule has 2 aliphatic heterocycles. The molecule has 0 radical (unpaired) electrons. The van der Waals surface area contributed by atoms with Crippen LogP contribution < -0.4 is 10.5 Å². The van der Waals surface area contributed by atoms with Gasteiger partial charge in [0, 0.05) is 66.1 Å². The largest absolute Gasteiger partial charge is 0.492 e. The Kier molecular flexibility index (Phi) is 5.13. The monoisotopic (exact) mass is 447 g/mol. The third-order valence-electron chi connectivity index (χ3n) is 7.41. The van der Waals surface area contributed by atoms with Crippen LogP contribution in [0.5, 0.6) is 5.75 Å². The Morgan fingerprint density at radius 1 is 1.03 bits per heavy atom. The summed E-state index contributed by atoms with van der Waals surface area (Å²) in [4.78, 5) is 19.6. The number of hydrogen-bond donors (Lipinski definition) is 2. The van der Waals surface area contributed by atoms with E-state index in [-0.39, 0.29) is 11.2 Å². The van der Waals surface area contributed by atoms with Crippen molar-refractivity contribution in [2.45, 2.75) is 18.3 Å². The number of aromatic nitrogens is 1. The maximum atomic E-state index is 13.7. The molecule has 2 saturated heterocycles. The number of morpholine rings is 1. The SMILES string of the molecule is Nc1ccc2c3c([nH]c2c1)C1(CCOCC1)c1cc(OCCN2CCOCC2)ccc1C3=O. The number of carbonyl (C=O) groups excluding carboxylic acids is 1. The zero-order valence-corrected chi connectivity index (χ0v) is 18.7. The molecule has 7 heteroatoms. The van der Waals surface area contributed by atoms with Crippen LogP contribution in [0.4, 0.5) is 5.69 Å². The molecule has 0 atom stereocenters. The van der Waals surface area contributed by atoms with Crippen molar-refractivity contribution < 1.29 is 19.0 Å². The number of hydrogen-bond acceptors (Lipinski definition) is 6. The number of carbonyl (C=O) groups is 1. The van der Waals surface area contributed by atoms with E-state index < -0.39 is 0 Å². The number of aromatic amines is 1. The molecule has 3 heterocycles. The zero-order valence-electron chi connectivity index (χ0n) is 18.7. The van der Waals surface area contributed by atoms with Crippen LogP contribution in [0.2, 0.25) is 0 Å². The molecule has 1 spiro atoms. The van der Waals surface area contributed by atoms with Crippen LogP contribution in [0, 0.1) is 0 Å². The second-order valence-corrected chi connectivity index (χ2v) is 9.21. The van der Waals surface area contributed by atoms with E-state index >= 15 is 0 Å². The molecule has 2 fully saturated rings. The minimum atomic E-state index is -0.297. The highest BCUT2D eigenvalue weighted by Crippen LogP contribution is 2.50. The van der Waals surface area contributed by atoms with E-state index in [9.17, 15) is 4.79 Å². The Balaban J connectivity index is 1.38. The van der Waals surface area contributed by atoms with E-state index in [1.165, 1.54) is 0 Å². The topological polar surface area (TPSA) is 89.8 Å². The van der Waals surface area contributed by atoms with E-state index in [0.717, 1.165) is 84.7 Å². The number of fused-ring (bicyclic) bond motifs is 6. The number of rotatable bonds is 4. The maximum Gasteiger partial charge on any atom is 0.195 e. The average Bonchev–Trinajstić information content (AvgIpc) is 3.23. The smallest absolute Gasteiger partial charge is 0.195 e. The van der Waals surface area contributed by atoms with E-state index in [1.807, 2.05) is 30.3 Å². The van der Waals surface area contributed by atoms with Crippen molar-refractivity contribution in [2.24, 2.45) is 0 Å². The number of nitrogen functional groups attached to an aromatic ring is 1. The Morgan fingerprint density at radius 2 is 1.82 bits per heavy atom. The summed E-state index contributed by atoms with van der Waals surface area (Å²) in [7, 11) is 0. The fourth-order valence-corrected chi connectivity index (χ4v) is 5.64. The minimum absolute atomic E-state index is 0.0630. The van der Waals surface area contributed by atoms with Crippen LogP contribution in [-0.2, 0) is 14.9 Å². The molecule has 0 unspecified atom stereocenters. The maximum absolute atomic E-state index is 13.7. The van der Waals surface area contributed by atoms with Gasteiger partial charge in [-0.05, 0) is 48.7 Å². The number of anilines is 1. The predicted molar refractivity (Wildman–Crippen MR) is 126 cm³/mol. The van der Waals surface area contributed by atoms with Crippen molar-refractivity contribution in [2.75, 3.05) is 58.4 Å². The first kappa shape index (κ1) is 20.7. The van der Waals surface area contributed by atoms with Crippen molar-refractivity contribution in [1.82, 2.24) is 9.88 Å². The lowest BCUT2D eigenvalue weighted by Gasteiger charge is -2.41. The van der Waals surface area contributed by atoms with Crippen LogP contribution in [0.25, 0.3) is 10.9 Å². The number of nitrogens with two attached hydrogens (primary N) is 1. The van der Waals surface area contributed by atoms with Crippen molar-refractivity contribution in [1.29, 1.82) is 0 Å². The van der Waals surface area contributed by atoms with Crippen molar-refractivity contribution >= 4 is 22.4 Å². The van der Waals surface area contributed by atoms with Gasteiger partial charge in [-0.25, -0.2) is 0 Å². The number of ether oxygens (including phenoxy) is 3. The minimum Gasteiger partial charge on any atom is -0.492 e. The fraction of sp³-hybridized carbons (Fsp3) is 0.423. The van der Waals surface area contributed by atoms with Gasteiger partial charge >= 0.3 is 0 Å². The fourth-order valence-electron chi connectivity index (χ4n) is 5.64. The lowest BCUT2D eigenvalue weighted by atomic mass is 9.64. The van der Waals surface area contributed by atoms with Crippen LogP contribution >= 0.6 is 0 Å². The summed E-state index contributed by atoms with van der Waals surface area (Å²) in [5, 5.41) is 0.937. The van der Waals surface area contributed by atoms with Gasteiger partial charge in [0.2, 0.25) is 0 Å². The molecular formula is C26H29N3O4. The third-order valence-corrected chi connectivity index (χ3v) is 7.41. The van der Waals surface area contributed by atoms with Crippen molar-refractivity contribution in [3.8, 4) is 5.75 Å². The normalized spacial score (nSPS) is 20.1. The second kappa shape index (κ2) is 8.17. The Hall–Kier alpha value is -2.87. The van der Waals surface area contributed by atoms with Gasteiger partial charge in [-0.2, -0.15) is 0 Å². The Morgan fingerprint density at radius 3 is 2.64 bits per heavy atom. The third kappa shape index (κ3) is 3.42. The molecule has 1 aliphatic carbocycles. The van der Waals surface area contributed by atoms with Gasteiger partial charge in [0.05, 0.1) is 18.8 Å². The van der Waals surface area contributed by atoms with Crippen molar-refractivity contribution in [3.05, 3.63) is 58.8 Å². The number of ketones is 1. The van der Waals surface area contributed by atoms with Gasteiger partial charge in [0.15, 0.2) is 5.78 Å². The van der Waals surface area contributed by atoms with E-state index in [2.05, 4.69) is 16.0 Å². The van der Waals surface area contributed by atoms with Crippen LogP contribution in [0.3, 0.4) is 0 Å². The lowest BCUT2D eigenvalue weighted by Crippen LogP contribution is -2.40. The highest BCUT2D eigenvalue weighted by atomic mass is 16.5. The molecule has 3 N–H and O–H groups in total. The van der Waals surface area contributed by atoms with Crippen LogP contribution in [0.15, 0.2) is 36.4 Å². The molecule has 3 aliphatic rings. The van der Waals surface area contributed by atoms with Gasteiger partial charge in [-0.1, -0.05) is 6.07 Å². The second-order valence-electron chi connectivity index (χ2n) is 9.21. The molecule has 0 saturated carbocycles. The summed E-state index contributed by atoms with van der Waals surface area (Å²) in [5.74, 6) is 0.873. The summed E-state index contributed by atoms with van der Waals surface area (Å²) in [5.41, 5.74) is 10.9. The summed E-state index contributed by atoms with van der Waals surface area (Å²) < 4.78 is 17.3. The Bertz CT molecular complexity index is 1210. The van der Waals surface area contributed by atoms with Gasteiger partial charge < -0.3 is 24.9 Å². The van der Waals surface area contributed by atoms with Crippen molar-refractivity contribution in [3.63, 3.8) is 0 Å².